The van der Waals surface area contributed by atoms with Gasteiger partial charge in [-0.2, -0.15) is 0 Å². The van der Waals surface area contributed by atoms with Crippen LogP contribution < -0.4 is 5.32 Å². The Morgan fingerprint density at radius 3 is 2.67 bits per heavy atom. The second-order valence-electron chi connectivity index (χ2n) is 2.68. The van der Waals surface area contributed by atoms with Crippen molar-refractivity contribution >= 4 is 11.6 Å². The molecule has 0 saturated heterocycles. The Morgan fingerprint density at radius 2 is 2.17 bits per heavy atom. The Balaban J connectivity index is 2.96. The lowest BCUT2D eigenvalue weighted by atomic mass is 10.1. The Labute approximate surface area is 76.5 Å². The van der Waals surface area contributed by atoms with Crippen LogP contribution in [-0.2, 0) is 0 Å². The largest absolute Gasteiger partial charge is 0.313 e. The van der Waals surface area contributed by atoms with Crippen LogP contribution in [0.3, 0.4) is 0 Å². The fourth-order valence-corrected chi connectivity index (χ4v) is 1.14. The van der Waals surface area contributed by atoms with Gasteiger partial charge < -0.3 is 5.32 Å². The summed E-state index contributed by atoms with van der Waals surface area (Å²) in [5.41, 5.74) is 0.990. The normalized spacial score (nSPS) is 13.0. The molecule has 0 bridgehead atoms. The first-order chi connectivity index (χ1) is 5.65. The Kier molecular flexibility index (Phi) is 3.06. The molecule has 12 heavy (non-hydrogen) atoms. The SMILES string of the molecule is CN[C@H](C)c1ccc(F)c(Cl)c1. The molecule has 0 spiro atoms. The van der Waals surface area contributed by atoms with Gasteiger partial charge in [-0.25, -0.2) is 4.39 Å². The predicted molar refractivity (Wildman–Crippen MR) is 48.9 cm³/mol. The minimum absolute atomic E-state index is 0.176. The number of rotatable bonds is 2. The molecule has 0 fully saturated rings. The van der Waals surface area contributed by atoms with E-state index in [4.69, 9.17) is 11.6 Å². The summed E-state index contributed by atoms with van der Waals surface area (Å²) < 4.78 is 12.7. The molecule has 1 aromatic rings. The molecule has 0 heterocycles. The van der Waals surface area contributed by atoms with Crippen LogP contribution in [0.4, 0.5) is 4.39 Å². The predicted octanol–water partition coefficient (Wildman–Crippen LogP) is 2.76. The molecule has 3 heteroatoms. The highest BCUT2D eigenvalue weighted by atomic mass is 35.5. The zero-order valence-electron chi connectivity index (χ0n) is 7.07. The fourth-order valence-electron chi connectivity index (χ4n) is 0.948. The maximum atomic E-state index is 12.7. The van der Waals surface area contributed by atoms with Crippen LogP contribution in [0.1, 0.15) is 18.5 Å². The Hall–Kier alpha value is -0.600. The van der Waals surface area contributed by atoms with Gasteiger partial charge in [0, 0.05) is 6.04 Å². The number of benzene rings is 1. The van der Waals surface area contributed by atoms with E-state index in [1.807, 2.05) is 14.0 Å². The average molecular weight is 188 g/mol. The third-order valence-corrected chi connectivity index (χ3v) is 2.17. The molecular weight excluding hydrogens is 177 g/mol. The molecule has 0 radical (unpaired) electrons. The van der Waals surface area contributed by atoms with Gasteiger partial charge in [-0.05, 0) is 31.7 Å². The first kappa shape index (κ1) is 9.49. The lowest BCUT2D eigenvalue weighted by molar-refractivity contribution is 0.619. The summed E-state index contributed by atoms with van der Waals surface area (Å²) in [6, 6.07) is 4.94. The summed E-state index contributed by atoms with van der Waals surface area (Å²) in [6.45, 7) is 1.99. The molecular formula is C9H11ClFN. The molecule has 1 nitrogen and oxygen atoms in total. The monoisotopic (exact) mass is 187 g/mol. The number of nitrogens with one attached hydrogen (secondary N) is 1. The van der Waals surface area contributed by atoms with Crippen LogP contribution in [-0.4, -0.2) is 7.05 Å². The van der Waals surface area contributed by atoms with Crippen molar-refractivity contribution in [3.05, 3.63) is 34.6 Å². The van der Waals surface area contributed by atoms with Crippen LogP contribution in [0.15, 0.2) is 18.2 Å². The van der Waals surface area contributed by atoms with Gasteiger partial charge in [0.05, 0.1) is 5.02 Å². The van der Waals surface area contributed by atoms with Crippen molar-refractivity contribution in [1.29, 1.82) is 0 Å². The maximum absolute atomic E-state index is 12.7. The van der Waals surface area contributed by atoms with E-state index in [1.54, 1.807) is 12.1 Å². The standard InChI is InChI=1S/C9H11ClFN/c1-6(12-2)7-3-4-9(11)8(10)5-7/h3-6,12H,1-2H3/t6-/m1/s1. The third kappa shape index (κ3) is 1.96. The minimum atomic E-state index is -0.372. The van der Waals surface area contributed by atoms with Gasteiger partial charge in [0.1, 0.15) is 5.82 Å². The highest BCUT2D eigenvalue weighted by molar-refractivity contribution is 6.30. The van der Waals surface area contributed by atoms with Gasteiger partial charge in [0.15, 0.2) is 0 Å². The van der Waals surface area contributed by atoms with E-state index < -0.39 is 0 Å². The maximum Gasteiger partial charge on any atom is 0.141 e. The molecule has 0 aliphatic carbocycles. The van der Waals surface area contributed by atoms with Gasteiger partial charge in [0.2, 0.25) is 0 Å². The summed E-state index contributed by atoms with van der Waals surface area (Å²) >= 11 is 5.61. The number of hydrogen-bond donors (Lipinski definition) is 1. The molecule has 0 unspecified atom stereocenters. The fraction of sp³-hybridized carbons (Fsp3) is 0.333. The van der Waals surface area contributed by atoms with Crippen molar-refractivity contribution in [3.8, 4) is 0 Å². The van der Waals surface area contributed by atoms with Gasteiger partial charge in [-0.15, -0.1) is 0 Å². The van der Waals surface area contributed by atoms with Gasteiger partial charge >= 0.3 is 0 Å². The molecule has 1 N–H and O–H groups in total. The smallest absolute Gasteiger partial charge is 0.141 e. The zero-order valence-corrected chi connectivity index (χ0v) is 7.82. The highest BCUT2D eigenvalue weighted by Crippen LogP contribution is 2.20. The first-order valence-corrected chi connectivity index (χ1v) is 4.15. The van der Waals surface area contributed by atoms with E-state index in [0.717, 1.165) is 5.56 Å². The van der Waals surface area contributed by atoms with E-state index in [0.29, 0.717) is 0 Å². The topological polar surface area (TPSA) is 12.0 Å². The third-order valence-electron chi connectivity index (χ3n) is 1.88. The van der Waals surface area contributed by atoms with E-state index in [2.05, 4.69) is 5.32 Å². The molecule has 1 atom stereocenters. The second kappa shape index (κ2) is 3.87. The van der Waals surface area contributed by atoms with Gasteiger partial charge in [-0.3, -0.25) is 0 Å². The van der Waals surface area contributed by atoms with Crippen molar-refractivity contribution in [2.24, 2.45) is 0 Å². The minimum Gasteiger partial charge on any atom is -0.313 e. The van der Waals surface area contributed by atoms with Crippen molar-refractivity contribution < 1.29 is 4.39 Å². The number of halogens is 2. The van der Waals surface area contributed by atoms with E-state index >= 15 is 0 Å². The molecule has 1 rings (SSSR count). The summed E-state index contributed by atoms with van der Waals surface area (Å²) in [7, 11) is 1.85. The van der Waals surface area contributed by atoms with E-state index in [-0.39, 0.29) is 16.9 Å². The number of hydrogen-bond acceptors (Lipinski definition) is 1. The highest BCUT2D eigenvalue weighted by Gasteiger charge is 2.05. The average Bonchev–Trinajstić information content (AvgIpc) is 2.08. The van der Waals surface area contributed by atoms with Crippen molar-refractivity contribution in [3.63, 3.8) is 0 Å². The summed E-state index contributed by atoms with van der Waals surface area (Å²) in [4.78, 5) is 0. The molecule has 1 aromatic carbocycles. The van der Waals surface area contributed by atoms with Crippen LogP contribution in [0.25, 0.3) is 0 Å². The Bertz CT molecular complexity index is 275. The lowest BCUT2D eigenvalue weighted by Gasteiger charge is -2.10. The second-order valence-corrected chi connectivity index (χ2v) is 3.09. The van der Waals surface area contributed by atoms with Gasteiger partial charge in [-0.1, -0.05) is 17.7 Å². The summed E-state index contributed by atoms with van der Waals surface area (Å²) in [6.07, 6.45) is 0. The molecule has 0 amide bonds. The summed E-state index contributed by atoms with van der Waals surface area (Å²) in [5, 5.41) is 3.22. The van der Waals surface area contributed by atoms with E-state index in [9.17, 15) is 4.39 Å². The van der Waals surface area contributed by atoms with Crippen molar-refractivity contribution in [1.82, 2.24) is 5.32 Å². The van der Waals surface area contributed by atoms with Crippen LogP contribution in [0.5, 0.6) is 0 Å². The van der Waals surface area contributed by atoms with Crippen LogP contribution in [0.2, 0.25) is 5.02 Å². The van der Waals surface area contributed by atoms with Crippen molar-refractivity contribution in [2.75, 3.05) is 7.05 Å². The first-order valence-electron chi connectivity index (χ1n) is 3.77. The molecule has 0 aliphatic heterocycles. The molecule has 0 aliphatic rings. The van der Waals surface area contributed by atoms with Gasteiger partial charge in [0.25, 0.3) is 0 Å². The molecule has 0 saturated carbocycles. The van der Waals surface area contributed by atoms with Crippen LogP contribution in [0, 0.1) is 5.82 Å². The Morgan fingerprint density at radius 1 is 1.50 bits per heavy atom. The molecule has 0 aromatic heterocycles. The van der Waals surface area contributed by atoms with Crippen molar-refractivity contribution in [2.45, 2.75) is 13.0 Å². The zero-order chi connectivity index (χ0) is 9.14. The molecule has 66 valence electrons. The lowest BCUT2D eigenvalue weighted by Crippen LogP contribution is -2.12. The summed E-state index contributed by atoms with van der Waals surface area (Å²) in [5.74, 6) is -0.372. The van der Waals surface area contributed by atoms with E-state index in [1.165, 1.54) is 6.07 Å². The van der Waals surface area contributed by atoms with Crippen LogP contribution >= 0.6 is 11.6 Å². The quantitative estimate of drug-likeness (QED) is 0.751.